The first-order valence-electron chi connectivity index (χ1n) is 3.51. The van der Waals surface area contributed by atoms with Gasteiger partial charge in [0, 0.05) is 24.4 Å². The van der Waals surface area contributed by atoms with E-state index in [1.54, 1.807) is 0 Å². The van der Waals surface area contributed by atoms with Gasteiger partial charge >= 0.3 is 5.97 Å². The van der Waals surface area contributed by atoms with Crippen molar-refractivity contribution in [3.63, 3.8) is 0 Å². The molecule has 1 aromatic heterocycles. The fourth-order valence-electron chi connectivity index (χ4n) is 0.683. The second kappa shape index (κ2) is 4.12. The number of carbonyl (C=O) groups excluding carboxylic acids is 1. The predicted octanol–water partition coefficient (Wildman–Crippen LogP) is -0.101. The molecule has 0 saturated heterocycles. The summed E-state index contributed by atoms with van der Waals surface area (Å²) in [6.45, 7) is 0. The van der Waals surface area contributed by atoms with Crippen LogP contribution in [0.2, 0.25) is 0 Å². The quantitative estimate of drug-likeness (QED) is 0.444. The zero-order valence-corrected chi connectivity index (χ0v) is 6.96. The van der Waals surface area contributed by atoms with E-state index in [4.69, 9.17) is 0 Å². The van der Waals surface area contributed by atoms with E-state index in [-0.39, 0.29) is 11.0 Å². The zero-order chi connectivity index (χ0) is 9.68. The van der Waals surface area contributed by atoms with E-state index in [9.17, 15) is 9.59 Å². The number of rotatable bonds is 0. The molecule has 4 nitrogen and oxygen atoms in total. The fourth-order valence-corrected chi connectivity index (χ4v) is 0.683. The SMILES string of the molecule is COC(=O)C#Cc1c[nH]ccc1=O. The second-order valence-corrected chi connectivity index (χ2v) is 2.16. The summed E-state index contributed by atoms with van der Waals surface area (Å²) in [4.78, 5) is 24.3. The number of H-pyrrole nitrogens is 1. The summed E-state index contributed by atoms with van der Waals surface area (Å²) < 4.78 is 4.29. The van der Waals surface area contributed by atoms with Gasteiger partial charge in [-0.3, -0.25) is 4.79 Å². The van der Waals surface area contributed by atoms with E-state index in [1.807, 2.05) is 0 Å². The van der Waals surface area contributed by atoms with Crippen LogP contribution in [0.25, 0.3) is 0 Å². The predicted molar refractivity (Wildman–Crippen MR) is 46.0 cm³/mol. The van der Waals surface area contributed by atoms with Crippen molar-refractivity contribution < 1.29 is 9.53 Å². The van der Waals surface area contributed by atoms with Gasteiger partial charge in [0.1, 0.15) is 0 Å². The standard InChI is InChI=1S/C9H7NO3/c1-13-9(12)3-2-7-6-10-5-4-8(7)11/h4-6H,1H3,(H,10,11). The maximum atomic E-state index is 11.0. The fraction of sp³-hybridized carbons (Fsp3) is 0.111. The van der Waals surface area contributed by atoms with Gasteiger partial charge in [0.2, 0.25) is 0 Å². The van der Waals surface area contributed by atoms with Crippen molar-refractivity contribution in [2.24, 2.45) is 0 Å². The van der Waals surface area contributed by atoms with Crippen LogP contribution in [0.3, 0.4) is 0 Å². The van der Waals surface area contributed by atoms with E-state index >= 15 is 0 Å². The summed E-state index contributed by atoms with van der Waals surface area (Å²) in [5.74, 6) is 3.89. The molecule has 4 heteroatoms. The van der Waals surface area contributed by atoms with Crippen molar-refractivity contribution in [2.75, 3.05) is 7.11 Å². The van der Waals surface area contributed by atoms with Crippen LogP contribution in [-0.4, -0.2) is 18.1 Å². The lowest BCUT2D eigenvalue weighted by atomic mass is 10.3. The van der Waals surface area contributed by atoms with Crippen molar-refractivity contribution >= 4 is 5.97 Å². The Balaban J connectivity index is 2.96. The van der Waals surface area contributed by atoms with Gasteiger partial charge in [0.25, 0.3) is 0 Å². The van der Waals surface area contributed by atoms with Gasteiger partial charge in [-0.2, -0.15) is 0 Å². The molecule has 1 aromatic rings. The first-order chi connectivity index (χ1) is 6.24. The number of esters is 1. The molecule has 0 radical (unpaired) electrons. The van der Waals surface area contributed by atoms with Crippen LogP contribution < -0.4 is 5.43 Å². The molecule has 0 unspecified atom stereocenters. The van der Waals surface area contributed by atoms with Crippen LogP contribution in [0, 0.1) is 11.8 Å². The molecule has 0 aromatic carbocycles. The highest BCUT2D eigenvalue weighted by molar-refractivity contribution is 5.88. The third kappa shape index (κ3) is 2.49. The third-order valence-electron chi connectivity index (χ3n) is 1.31. The number of hydrogen-bond acceptors (Lipinski definition) is 3. The van der Waals surface area contributed by atoms with Crippen molar-refractivity contribution in [1.29, 1.82) is 0 Å². The lowest BCUT2D eigenvalue weighted by Gasteiger charge is -1.86. The van der Waals surface area contributed by atoms with E-state index in [0.717, 1.165) is 0 Å². The molecular weight excluding hydrogens is 170 g/mol. The molecule has 0 aliphatic rings. The maximum Gasteiger partial charge on any atom is 0.384 e. The summed E-state index contributed by atoms with van der Waals surface area (Å²) in [6, 6.07) is 1.33. The highest BCUT2D eigenvalue weighted by Gasteiger charge is 1.93. The number of aromatic amines is 1. The number of pyridine rings is 1. The normalized spacial score (nSPS) is 8.38. The third-order valence-corrected chi connectivity index (χ3v) is 1.31. The van der Waals surface area contributed by atoms with E-state index in [0.29, 0.717) is 0 Å². The highest BCUT2D eigenvalue weighted by atomic mass is 16.5. The average molecular weight is 177 g/mol. The molecule has 1 N–H and O–H groups in total. The van der Waals surface area contributed by atoms with Gasteiger partial charge in [-0.15, -0.1) is 0 Å². The Morgan fingerprint density at radius 1 is 1.62 bits per heavy atom. The Bertz CT molecular complexity index is 422. The molecule has 1 rings (SSSR count). The lowest BCUT2D eigenvalue weighted by Crippen LogP contribution is -2.04. The van der Waals surface area contributed by atoms with E-state index in [2.05, 4.69) is 21.6 Å². The Labute approximate surface area is 74.5 Å². The second-order valence-electron chi connectivity index (χ2n) is 2.16. The van der Waals surface area contributed by atoms with Gasteiger partial charge in [0.05, 0.1) is 12.7 Å². The number of hydrogen-bond donors (Lipinski definition) is 1. The molecule has 13 heavy (non-hydrogen) atoms. The monoisotopic (exact) mass is 177 g/mol. The molecule has 66 valence electrons. The first-order valence-corrected chi connectivity index (χ1v) is 3.51. The number of carbonyl (C=O) groups is 1. The highest BCUT2D eigenvalue weighted by Crippen LogP contribution is 1.83. The molecule has 0 aliphatic heterocycles. The minimum absolute atomic E-state index is 0.227. The molecule has 0 aliphatic carbocycles. The van der Waals surface area contributed by atoms with Crippen molar-refractivity contribution in [2.45, 2.75) is 0 Å². The molecule has 0 spiro atoms. The van der Waals surface area contributed by atoms with Gasteiger partial charge in [-0.1, -0.05) is 0 Å². The number of ether oxygens (including phenoxy) is 1. The van der Waals surface area contributed by atoms with Crippen LogP contribution in [0.5, 0.6) is 0 Å². The summed E-state index contributed by atoms with van der Waals surface area (Å²) in [5, 5.41) is 0. The van der Waals surface area contributed by atoms with Crippen LogP contribution in [0.1, 0.15) is 5.56 Å². The number of aromatic nitrogens is 1. The zero-order valence-electron chi connectivity index (χ0n) is 6.96. The van der Waals surface area contributed by atoms with Gasteiger partial charge in [-0.25, -0.2) is 4.79 Å². The van der Waals surface area contributed by atoms with Crippen molar-refractivity contribution in [3.8, 4) is 11.8 Å². The summed E-state index contributed by atoms with van der Waals surface area (Å²) in [7, 11) is 1.23. The Hall–Kier alpha value is -2.02. The minimum Gasteiger partial charge on any atom is -0.459 e. The average Bonchev–Trinajstić information content (AvgIpc) is 2.16. The van der Waals surface area contributed by atoms with E-state index < -0.39 is 5.97 Å². The topological polar surface area (TPSA) is 59.2 Å². The van der Waals surface area contributed by atoms with Gasteiger partial charge in [-0.05, 0) is 5.92 Å². The Morgan fingerprint density at radius 3 is 3.00 bits per heavy atom. The smallest absolute Gasteiger partial charge is 0.384 e. The van der Waals surface area contributed by atoms with Crippen molar-refractivity contribution in [1.82, 2.24) is 4.98 Å². The Kier molecular flexibility index (Phi) is 2.87. The molecule has 0 saturated carbocycles. The Morgan fingerprint density at radius 2 is 2.38 bits per heavy atom. The van der Waals surface area contributed by atoms with Crippen LogP contribution in [-0.2, 0) is 9.53 Å². The van der Waals surface area contributed by atoms with Crippen LogP contribution in [0.4, 0.5) is 0 Å². The number of nitrogens with one attached hydrogen (secondary N) is 1. The summed E-state index contributed by atoms with van der Waals surface area (Å²) >= 11 is 0. The summed E-state index contributed by atoms with van der Waals surface area (Å²) in [5.41, 5.74) is 0.0167. The molecule has 0 bridgehead atoms. The van der Waals surface area contributed by atoms with Gasteiger partial charge < -0.3 is 9.72 Å². The maximum absolute atomic E-state index is 11.0. The minimum atomic E-state index is -0.664. The lowest BCUT2D eigenvalue weighted by molar-refractivity contribution is -0.133. The van der Waals surface area contributed by atoms with Crippen LogP contribution in [0.15, 0.2) is 23.3 Å². The summed E-state index contributed by atoms with van der Waals surface area (Å²) in [6.07, 6.45) is 2.92. The van der Waals surface area contributed by atoms with Crippen molar-refractivity contribution in [3.05, 3.63) is 34.2 Å². The molecule has 0 atom stereocenters. The molecule has 1 heterocycles. The molecule has 0 amide bonds. The molecule has 0 fully saturated rings. The largest absolute Gasteiger partial charge is 0.459 e. The first kappa shape index (κ1) is 9.07. The van der Waals surface area contributed by atoms with Gasteiger partial charge in [0.15, 0.2) is 5.43 Å². The number of methoxy groups -OCH3 is 1. The van der Waals surface area contributed by atoms with E-state index in [1.165, 1.54) is 25.6 Å². The van der Waals surface area contributed by atoms with Crippen LogP contribution >= 0.6 is 0 Å². The molecular formula is C9H7NO3.